The summed E-state index contributed by atoms with van der Waals surface area (Å²) in [5.41, 5.74) is 2.07. The number of quaternary nitrogens is 1. The Labute approximate surface area is 122 Å². The molecule has 0 aliphatic heterocycles. The molecule has 0 heterocycles. The van der Waals surface area contributed by atoms with E-state index < -0.39 is 0 Å². The lowest BCUT2D eigenvalue weighted by Crippen LogP contribution is -3.05. The van der Waals surface area contributed by atoms with Crippen LogP contribution in [0.3, 0.4) is 0 Å². The average Bonchev–Trinajstić information content (AvgIpc) is 2.50. The molecule has 106 valence electrons. The molecule has 2 nitrogen and oxygen atoms in total. The fourth-order valence-corrected chi connectivity index (χ4v) is 2.63. The molecule has 0 amide bonds. The van der Waals surface area contributed by atoms with E-state index >= 15 is 0 Å². The summed E-state index contributed by atoms with van der Waals surface area (Å²) in [6.07, 6.45) is 0.958. The molecule has 0 atom stereocenters. The zero-order valence-corrected chi connectivity index (χ0v) is 12.6. The normalized spacial score (nSPS) is 11.8. The first kappa shape index (κ1) is 14.8. The lowest BCUT2D eigenvalue weighted by atomic mass is 9.83. The number of methoxy groups -OCH3 is 1. The smallest absolute Gasteiger partial charge is 0.123 e. The van der Waals surface area contributed by atoms with Crippen molar-refractivity contribution in [3.63, 3.8) is 0 Å². The Hall–Kier alpha value is -1.64. The number of rotatable bonds is 6. The van der Waals surface area contributed by atoms with Gasteiger partial charge in [-0.05, 0) is 11.1 Å². The molecule has 0 aromatic heterocycles. The van der Waals surface area contributed by atoms with Crippen molar-refractivity contribution < 1.29 is 9.64 Å². The van der Waals surface area contributed by atoms with Crippen molar-refractivity contribution in [3.8, 4) is 0 Å². The van der Waals surface area contributed by atoms with E-state index in [0.29, 0.717) is 0 Å². The van der Waals surface area contributed by atoms with Gasteiger partial charge in [-0.2, -0.15) is 0 Å². The van der Waals surface area contributed by atoms with Crippen LogP contribution in [0.5, 0.6) is 0 Å². The molecule has 2 aromatic rings. The second-order valence-electron chi connectivity index (χ2n) is 5.47. The molecule has 0 spiro atoms. The molecule has 0 fully saturated rings. The zero-order chi connectivity index (χ0) is 14.4. The van der Waals surface area contributed by atoms with Gasteiger partial charge in [0, 0.05) is 13.5 Å². The van der Waals surface area contributed by atoms with Gasteiger partial charge in [-0.1, -0.05) is 60.7 Å². The molecule has 2 rings (SSSR count). The van der Waals surface area contributed by atoms with E-state index in [1.807, 2.05) is 19.2 Å². The van der Waals surface area contributed by atoms with Gasteiger partial charge < -0.3 is 9.64 Å². The standard InChI is InChI=1S/C18H23NO/c1-19(2)15-14-18(20-3,16-10-6-4-7-11-16)17-12-8-5-9-13-17/h4-13H,14-15H2,1-3H3/p+1. The third-order valence-electron chi connectivity index (χ3n) is 3.81. The molecule has 2 aromatic carbocycles. The van der Waals surface area contributed by atoms with E-state index in [-0.39, 0.29) is 5.60 Å². The van der Waals surface area contributed by atoms with Crippen LogP contribution in [-0.4, -0.2) is 27.7 Å². The van der Waals surface area contributed by atoms with Gasteiger partial charge in [0.15, 0.2) is 0 Å². The molecule has 1 N–H and O–H groups in total. The number of hydrogen-bond donors (Lipinski definition) is 1. The SMILES string of the molecule is COC(CC[NH+](C)C)(c1ccccc1)c1ccccc1. The van der Waals surface area contributed by atoms with E-state index in [1.54, 1.807) is 0 Å². The summed E-state index contributed by atoms with van der Waals surface area (Å²) in [5, 5.41) is 0. The number of nitrogens with one attached hydrogen (secondary N) is 1. The van der Waals surface area contributed by atoms with Crippen molar-refractivity contribution in [2.45, 2.75) is 12.0 Å². The molecular formula is C18H24NO+. The highest BCUT2D eigenvalue weighted by atomic mass is 16.5. The minimum absolute atomic E-state index is 0.361. The molecule has 0 saturated carbocycles. The van der Waals surface area contributed by atoms with E-state index in [1.165, 1.54) is 16.0 Å². The van der Waals surface area contributed by atoms with Gasteiger partial charge in [-0.15, -0.1) is 0 Å². The highest BCUT2D eigenvalue weighted by molar-refractivity contribution is 5.36. The summed E-state index contributed by atoms with van der Waals surface area (Å²) in [5.74, 6) is 0. The third kappa shape index (κ3) is 3.09. The van der Waals surface area contributed by atoms with Gasteiger partial charge in [0.05, 0.1) is 20.6 Å². The van der Waals surface area contributed by atoms with Crippen molar-refractivity contribution in [1.29, 1.82) is 0 Å². The van der Waals surface area contributed by atoms with Gasteiger partial charge in [0.1, 0.15) is 5.60 Å². The minimum atomic E-state index is -0.361. The van der Waals surface area contributed by atoms with Gasteiger partial charge >= 0.3 is 0 Å². The Kier molecular flexibility index (Phi) is 4.94. The summed E-state index contributed by atoms with van der Waals surface area (Å²) in [6, 6.07) is 21.0. The van der Waals surface area contributed by atoms with Crippen LogP contribution in [0.4, 0.5) is 0 Å². The largest absolute Gasteiger partial charge is 0.369 e. The lowest BCUT2D eigenvalue weighted by molar-refractivity contribution is -0.859. The van der Waals surface area contributed by atoms with Crippen molar-refractivity contribution >= 4 is 0 Å². The molecule has 0 saturated heterocycles. The van der Waals surface area contributed by atoms with Crippen LogP contribution < -0.4 is 4.90 Å². The first-order valence-electron chi connectivity index (χ1n) is 7.14. The van der Waals surface area contributed by atoms with E-state index in [0.717, 1.165) is 13.0 Å². The summed E-state index contributed by atoms with van der Waals surface area (Å²) in [4.78, 5) is 1.43. The summed E-state index contributed by atoms with van der Waals surface area (Å²) in [6.45, 7) is 1.05. The van der Waals surface area contributed by atoms with Crippen LogP contribution in [0.2, 0.25) is 0 Å². The molecule has 0 aliphatic rings. The van der Waals surface area contributed by atoms with Crippen LogP contribution in [0.25, 0.3) is 0 Å². The Morgan fingerprint density at radius 1 is 0.850 bits per heavy atom. The van der Waals surface area contributed by atoms with Crippen molar-refractivity contribution in [2.75, 3.05) is 27.7 Å². The van der Waals surface area contributed by atoms with Gasteiger partial charge in [0.2, 0.25) is 0 Å². The number of hydrogen-bond acceptors (Lipinski definition) is 1. The van der Waals surface area contributed by atoms with E-state index in [2.05, 4.69) is 62.6 Å². The topological polar surface area (TPSA) is 13.7 Å². The quantitative estimate of drug-likeness (QED) is 0.849. The second kappa shape index (κ2) is 6.69. The highest BCUT2D eigenvalue weighted by Gasteiger charge is 2.34. The first-order valence-corrected chi connectivity index (χ1v) is 7.14. The number of ether oxygens (including phenoxy) is 1. The summed E-state index contributed by atoms with van der Waals surface area (Å²) < 4.78 is 6.05. The predicted octanol–water partition coefficient (Wildman–Crippen LogP) is 2.11. The predicted molar refractivity (Wildman–Crippen MR) is 83.0 cm³/mol. The average molecular weight is 270 g/mol. The first-order chi connectivity index (χ1) is 9.69. The molecule has 0 radical (unpaired) electrons. The fourth-order valence-electron chi connectivity index (χ4n) is 2.63. The van der Waals surface area contributed by atoms with E-state index in [9.17, 15) is 0 Å². The zero-order valence-electron chi connectivity index (χ0n) is 12.6. The highest BCUT2D eigenvalue weighted by Crippen LogP contribution is 2.35. The van der Waals surface area contributed by atoms with Crippen LogP contribution in [-0.2, 0) is 10.3 Å². The molecule has 0 bridgehead atoms. The lowest BCUT2D eigenvalue weighted by Gasteiger charge is -2.34. The monoisotopic (exact) mass is 270 g/mol. The van der Waals surface area contributed by atoms with Crippen LogP contribution in [0.1, 0.15) is 17.5 Å². The third-order valence-corrected chi connectivity index (χ3v) is 3.81. The summed E-state index contributed by atoms with van der Waals surface area (Å²) in [7, 11) is 6.16. The van der Waals surface area contributed by atoms with Gasteiger partial charge in [-0.25, -0.2) is 0 Å². The van der Waals surface area contributed by atoms with Gasteiger partial charge in [0.25, 0.3) is 0 Å². The Morgan fingerprint density at radius 3 is 1.65 bits per heavy atom. The van der Waals surface area contributed by atoms with Gasteiger partial charge in [-0.3, -0.25) is 0 Å². The van der Waals surface area contributed by atoms with Crippen LogP contribution >= 0.6 is 0 Å². The number of benzene rings is 2. The van der Waals surface area contributed by atoms with E-state index in [4.69, 9.17) is 4.74 Å². The summed E-state index contributed by atoms with van der Waals surface area (Å²) >= 11 is 0. The van der Waals surface area contributed by atoms with Crippen molar-refractivity contribution in [2.24, 2.45) is 0 Å². The van der Waals surface area contributed by atoms with Crippen LogP contribution in [0, 0.1) is 0 Å². The Bertz CT molecular complexity index is 468. The maximum atomic E-state index is 6.05. The maximum Gasteiger partial charge on any atom is 0.123 e. The molecular weight excluding hydrogens is 246 g/mol. The maximum absolute atomic E-state index is 6.05. The molecule has 20 heavy (non-hydrogen) atoms. The molecule has 2 heteroatoms. The molecule has 0 aliphatic carbocycles. The fraction of sp³-hybridized carbons (Fsp3) is 0.333. The van der Waals surface area contributed by atoms with Crippen molar-refractivity contribution in [1.82, 2.24) is 0 Å². The van der Waals surface area contributed by atoms with Crippen LogP contribution in [0.15, 0.2) is 60.7 Å². The van der Waals surface area contributed by atoms with Crippen molar-refractivity contribution in [3.05, 3.63) is 71.8 Å². The minimum Gasteiger partial charge on any atom is -0.369 e. The molecule has 0 unspecified atom stereocenters. The Balaban J connectivity index is 2.46. The second-order valence-corrected chi connectivity index (χ2v) is 5.47. The Morgan fingerprint density at radius 2 is 1.30 bits per heavy atom.